The standard InChI is InChI=1S/C16H14F4N2O/c1-10-2-7-14(13(17)8-10)21-9-15(23)22-12-5-3-11(4-6-12)16(18,19)20/h2-8,21H,9H2,1H3,(H,22,23). The van der Waals surface area contributed by atoms with Crippen LogP contribution in [0.5, 0.6) is 0 Å². The molecular formula is C16H14F4N2O. The second kappa shape index (κ2) is 6.68. The number of hydrogen-bond acceptors (Lipinski definition) is 2. The molecule has 0 aliphatic rings. The molecule has 2 aromatic rings. The number of benzene rings is 2. The minimum atomic E-state index is -4.42. The summed E-state index contributed by atoms with van der Waals surface area (Å²) in [6, 6.07) is 8.61. The predicted octanol–water partition coefficient (Wildman–Crippen LogP) is 4.20. The Hall–Kier alpha value is -2.57. The van der Waals surface area contributed by atoms with Crippen molar-refractivity contribution in [2.24, 2.45) is 0 Å². The van der Waals surface area contributed by atoms with Crippen LogP contribution in [0.15, 0.2) is 42.5 Å². The van der Waals surface area contributed by atoms with Gasteiger partial charge in [0.05, 0.1) is 17.8 Å². The molecule has 0 bridgehead atoms. The lowest BCUT2D eigenvalue weighted by Gasteiger charge is -2.10. The Labute approximate surface area is 130 Å². The van der Waals surface area contributed by atoms with Gasteiger partial charge < -0.3 is 10.6 Å². The third-order valence-electron chi connectivity index (χ3n) is 3.06. The summed E-state index contributed by atoms with van der Waals surface area (Å²) in [6.07, 6.45) is -4.42. The molecular weight excluding hydrogens is 312 g/mol. The first-order valence-corrected chi connectivity index (χ1v) is 6.73. The highest BCUT2D eigenvalue weighted by Gasteiger charge is 2.29. The molecule has 0 unspecified atom stereocenters. The zero-order valence-electron chi connectivity index (χ0n) is 12.2. The first-order chi connectivity index (χ1) is 10.8. The summed E-state index contributed by atoms with van der Waals surface area (Å²) in [4.78, 5) is 11.7. The molecule has 0 spiro atoms. The van der Waals surface area contributed by atoms with Gasteiger partial charge in [0.1, 0.15) is 5.82 Å². The van der Waals surface area contributed by atoms with Crippen LogP contribution in [0.25, 0.3) is 0 Å². The molecule has 0 aromatic heterocycles. The molecule has 0 fully saturated rings. The average molecular weight is 326 g/mol. The van der Waals surface area contributed by atoms with Crippen molar-refractivity contribution in [3.8, 4) is 0 Å². The number of aryl methyl sites for hydroxylation is 1. The summed E-state index contributed by atoms with van der Waals surface area (Å²) < 4.78 is 50.9. The third-order valence-corrected chi connectivity index (χ3v) is 3.06. The summed E-state index contributed by atoms with van der Waals surface area (Å²) in [5, 5.41) is 5.06. The van der Waals surface area contributed by atoms with Gasteiger partial charge in [-0.2, -0.15) is 13.2 Å². The smallest absolute Gasteiger partial charge is 0.374 e. The van der Waals surface area contributed by atoms with Crippen LogP contribution in [-0.4, -0.2) is 12.5 Å². The van der Waals surface area contributed by atoms with Gasteiger partial charge in [0.15, 0.2) is 0 Å². The number of alkyl halides is 3. The average Bonchev–Trinajstić information content (AvgIpc) is 2.46. The van der Waals surface area contributed by atoms with E-state index in [0.717, 1.165) is 29.8 Å². The van der Waals surface area contributed by atoms with Crippen LogP contribution in [0.2, 0.25) is 0 Å². The molecule has 1 amide bonds. The number of rotatable bonds is 4. The van der Waals surface area contributed by atoms with E-state index in [2.05, 4.69) is 10.6 Å². The van der Waals surface area contributed by atoms with Gasteiger partial charge in [0.2, 0.25) is 5.91 Å². The fourth-order valence-corrected chi connectivity index (χ4v) is 1.89. The monoisotopic (exact) mass is 326 g/mol. The molecule has 7 heteroatoms. The minimum Gasteiger partial charge on any atom is -0.374 e. The Balaban J connectivity index is 1.92. The highest BCUT2D eigenvalue weighted by molar-refractivity contribution is 5.93. The highest BCUT2D eigenvalue weighted by atomic mass is 19.4. The van der Waals surface area contributed by atoms with Crippen LogP contribution in [0.3, 0.4) is 0 Å². The van der Waals surface area contributed by atoms with Crippen molar-refractivity contribution >= 4 is 17.3 Å². The highest BCUT2D eigenvalue weighted by Crippen LogP contribution is 2.29. The zero-order chi connectivity index (χ0) is 17.0. The second-order valence-electron chi connectivity index (χ2n) is 4.96. The van der Waals surface area contributed by atoms with Crippen LogP contribution in [0, 0.1) is 12.7 Å². The number of hydrogen-bond donors (Lipinski definition) is 2. The Morgan fingerprint density at radius 2 is 1.74 bits per heavy atom. The molecule has 23 heavy (non-hydrogen) atoms. The van der Waals surface area contributed by atoms with E-state index in [1.807, 2.05) is 0 Å². The van der Waals surface area contributed by atoms with E-state index in [9.17, 15) is 22.4 Å². The third kappa shape index (κ3) is 4.70. The summed E-state index contributed by atoms with van der Waals surface area (Å²) in [5.41, 5.74) is 0.366. The predicted molar refractivity (Wildman–Crippen MR) is 79.7 cm³/mol. The first kappa shape index (κ1) is 16.8. The Bertz CT molecular complexity index is 696. The van der Waals surface area contributed by atoms with Gasteiger partial charge in [-0.05, 0) is 48.9 Å². The van der Waals surface area contributed by atoms with Crippen molar-refractivity contribution in [1.82, 2.24) is 0 Å². The maximum Gasteiger partial charge on any atom is 0.416 e. The van der Waals surface area contributed by atoms with E-state index in [1.54, 1.807) is 13.0 Å². The lowest BCUT2D eigenvalue weighted by atomic mass is 10.2. The summed E-state index contributed by atoms with van der Waals surface area (Å²) in [5.74, 6) is -0.975. The fraction of sp³-hybridized carbons (Fsp3) is 0.188. The lowest BCUT2D eigenvalue weighted by molar-refractivity contribution is -0.137. The Morgan fingerprint density at radius 3 is 2.30 bits per heavy atom. The normalized spacial score (nSPS) is 11.2. The van der Waals surface area contributed by atoms with Crippen molar-refractivity contribution < 1.29 is 22.4 Å². The maximum atomic E-state index is 13.6. The largest absolute Gasteiger partial charge is 0.416 e. The Morgan fingerprint density at radius 1 is 1.09 bits per heavy atom. The van der Waals surface area contributed by atoms with Crippen LogP contribution in [0.1, 0.15) is 11.1 Å². The molecule has 0 saturated carbocycles. The van der Waals surface area contributed by atoms with Crippen LogP contribution >= 0.6 is 0 Å². The number of anilines is 2. The van der Waals surface area contributed by atoms with Gasteiger partial charge in [-0.1, -0.05) is 6.07 Å². The molecule has 3 nitrogen and oxygen atoms in total. The molecule has 2 aromatic carbocycles. The SMILES string of the molecule is Cc1ccc(NCC(=O)Nc2ccc(C(F)(F)F)cc2)c(F)c1. The van der Waals surface area contributed by atoms with Crippen molar-refractivity contribution in [2.45, 2.75) is 13.1 Å². The number of halogens is 4. The van der Waals surface area contributed by atoms with Crippen LogP contribution in [0.4, 0.5) is 28.9 Å². The molecule has 0 radical (unpaired) electrons. The molecule has 2 N–H and O–H groups in total. The summed E-state index contributed by atoms with van der Waals surface area (Å²) in [6.45, 7) is 1.53. The van der Waals surface area contributed by atoms with E-state index in [1.165, 1.54) is 12.1 Å². The van der Waals surface area contributed by atoms with E-state index >= 15 is 0 Å². The van der Waals surface area contributed by atoms with E-state index in [-0.39, 0.29) is 17.9 Å². The van der Waals surface area contributed by atoms with Crippen LogP contribution < -0.4 is 10.6 Å². The second-order valence-corrected chi connectivity index (χ2v) is 4.96. The van der Waals surface area contributed by atoms with Crippen LogP contribution in [-0.2, 0) is 11.0 Å². The van der Waals surface area contributed by atoms with Gasteiger partial charge in [0, 0.05) is 5.69 Å². The van der Waals surface area contributed by atoms with Gasteiger partial charge in [0.25, 0.3) is 0 Å². The first-order valence-electron chi connectivity index (χ1n) is 6.73. The maximum absolute atomic E-state index is 13.6. The molecule has 122 valence electrons. The fourth-order valence-electron chi connectivity index (χ4n) is 1.89. The van der Waals surface area contributed by atoms with Crippen molar-refractivity contribution in [3.63, 3.8) is 0 Å². The van der Waals surface area contributed by atoms with Crippen molar-refractivity contribution in [3.05, 3.63) is 59.4 Å². The molecule has 2 rings (SSSR count). The van der Waals surface area contributed by atoms with Crippen molar-refractivity contribution in [1.29, 1.82) is 0 Å². The topological polar surface area (TPSA) is 41.1 Å². The molecule has 0 saturated heterocycles. The zero-order valence-corrected chi connectivity index (χ0v) is 12.2. The molecule has 0 aliphatic heterocycles. The molecule has 0 atom stereocenters. The van der Waals surface area contributed by atoms with E-state index in [0.29, 0.717) is 0 Å². The minimum absolute atomic E-state index is 0.179. The van der Waals surface area contributed by atoms with E-state index < -0.39 is 23.5 Å². The quantitative estimate of drug-likeness (QED) is 0.827. The summed E-state index contributed by atoms with van der Waals surface area (Å²) >= 11 is 0. The number of amides is 1. The van der Waals surface area contributed by atoms with Gasteiger partial charge >= 0.3 is 6.18 Å². The number of carbonyl (C=O) groups excluding carboxylic acids is 1. The van der Waals surface area contributed by atoms with E-state index in [4.69, 9.17) is 0 Å². The Kier molecular flexibility index (Phi) is 4.88. The number of nitrogens with one attached hydrogen (secondary N) is 2. The molecule has 0 heterocycles. The van der Waals surface area contributed by atoms with Crippen molar-refractivity contribution in [2.75, 3.05) is 17.2 Å². The molecule has 0 aliphatic carbocycles. The summed E-state index contributed by atoms with van der Waals surface area (Å²) in [7, 11) is 0. The van der Waals surface area contributed by atoms with Gasteiger partial charge in [-0.25, -0.2) is 4.39 Å². The lowest BCUT2D eigenvalue weighted by Crippen LogP contribution is -2.22. The number of carbonyl (C=O) groups is 1. The van der Waals surface area contributed by atoms with Gasteiger partial charge in [-0.3, -0.25) is 4.79 Å². The van der Waals surface area contributed by atoms with Gasteiger partial charge in [-0.15, -0.1) is 0 Å².